The Morgan fingerprint density at radius 2 is 2.00 bits per heavy atom. The lowest BCUT2D eigenvalue weighted by Gasteiger charge is -2.17. The third kappa shape index (κ3) is 4.59. The molecule has 2 rings (SSSR count). The Kier molecular flexibility index (Phi) is 6.00. The number of nitrogens with two attached hydrogens (primary N) is 1. The van der Waals surface area contributed by atoms with E-state index >= 15 is 0 Å². The van der Waals surface area contributed by atoms with Gasteiger partial charge in [0.15, 0.2) is 0 Å². The minimum absolute atomic E-state index is 0. The highest BCUT2D eigenvalue weighted by atomic mass is 35.5. The summed E-state index contributed by atoms with van der Waals surface area (Å²) >= 11 is 0. The maximum absolute atomic E-state index is 11.8. The van der Waals surface area contributed by atoms with E-state index in [9.17, 15) is 13.2 Å². The van der Waals surface area contributed by atoms with Gasteiger partial charge in [-0.15, -0.1) is 12.4 Å². The van der Waals surface area contributed by atoms with Crippen molar-refractivity contribution >= 4 is 39.7 Å². The minimum Gasteiger partial charge on any atom is -0.327 e. The summed E-state index contributed by atoms with van der Waals surface area (Å²) in [6, 6.07) is 6.60. The number of sulfonamides is 1. The highest BCUT2D eigenvalue weighted by Gasteiger charge is 2.28. The summed E-state index contributed by atoms with van der Waals surface area (Å²) in [7, 11) is -3.16. The van der Waals surface area contributed by atoms with Gasteiger partial charge in [0.25, 0.3) is 0 Å². The molecule has 6 nitrogen and oxygen atoms in total. The van der Waals surface area contributed by atoms with E-state index in [0.29, 0.717) is 24.3 Å². The number of carbonyl (C=O) groups excluding carboxylic acids is 1. The Morgan fingerprint density at radius 3 is 2.48 bits per heavy atom. The number of hydrogen-bond acceptors (Lipinski definition) is 4. The first-order valence-corrected chi connectivity index (χ1v) is 8.15. The van der Waals surface area contributed by atoms with Crippen LogP contribution in [0.15, 0.2) is 24.3 Å². The zero-order valence-corrected chi connectivity index (χ0v) is 13.4. The molecule has 1 aliphatic heterocycles. The Morgan fingerprint density at radius 1 is 1.38 bits per heavy atom. The molecule has 1 fully saturated rings. The van der Waals surface area contributed by atoms with Gasteiger partial charge in [0.1, 0.15) is 0 Å². The normalized spacial score (nSPS) is 17.9. The fraction of sp³-hybridized carbons (Fsp3) is 0.462. The van der Waals surface area contributed by atoms with Crippen molar-refractivity contribution in [2.45, 2.75) is 25.8 Å². The van der Waals surface area contributed by atoms with Crippen molar-refractivity contribution in [2.24, 2.45) is 5.73 Å². The lowest BCUT2D eigenvalue weighted by molar-refractivity contribution is -0.116. The van der Waals surface area contributed by atoms with Crippen LogP contribution in [0, 0.1) is 0 Å². The number of anilines is 2. The first-order chi connectivity index (χ1) is 9.38. The number of rotatable bonds is 4. The van der Waals surface area contributed by atoms with E-state index in [-0.39, 0.29) is 36.5 Å². The highest BCUT2D eigenvalue weighted by molar-refractivity contribution is 7.93. The summed E-state index contributed by atoms with van der Waals surface area (Å²) in [6.45, 7) is 2.28. The van der Waals surface area contributed by atoms with Crippen molar-refractivity contribution in [3.05, 3.63) is 24.3 Å². The zero-order valence-electron chi connectivity index (χ0n) is 11.8. The zero-order chi connectivity index (χ0) is 14.8. The van der Waals surface area contributed by atoms with Crippen LogP contribution in [0.1, 0.15) is 19.8 Å². The summed E-state index contributed by atoms with van der Waals surface area (Å²) < 4.78 is 25.0. The van der Waals surface area contributed by atoms with Crippen LogP contribution in [0.4, 0.5) is 11.4 Å². The predicted octanol–water partition coefficient (Wildman–Crippen LogP) is 1.32. The first kappa shape index (κ1) is 17.7. The van der Waals surface area contributed by atoms with Crippen LogP contribution in [0.25, 0.3) is 0 Å². The molecular formula is C13H20ClN3O3S. The van der Waals surface area contributed by atoms with Gasteiger partial charge in [-0.2, -0.15) is 0 Å². The third-order valence-corrected chi connectivity index (χ3v) is 4.92. The third-order valence-electron chi connectivity index (χ3n) is 3.05. The predicted molar refractivity (Wildman–Crippen MR) is 86.3 cm³/mol. The second-order valence-electron chi connectivity index (χ2n) is 5.02. The number of carbonyl (C=O) groups is 1. The fourth-order valence-corrected chi connectivity index (χ4v) is 3.71. The van der Waals surface area contributed by atoms with Crippen molar-refractivity contribution in [3.63, 3.8) is 0 Å². The molecule has 0 radical (unpaired) electrons. The summed E-state index contributed by atoms with van der Waals surface area (Å²) in [5, 5.41) is 2.72. The van der Waals surface area contributed by atoms with Crippen LogP contribution in [-0.4, -0.2) is 32.7 Å². The molecule has 0 aromatic heterocycles. The van der Waals surface area contributed by atoms with Gasteiger partial charge in [-0.25, -0.2) is 8.42 Å². The average Bonchev–Trinajstić information content (AvgIpc) is 2.69. The molecule has 1 unspecified atom stereocenters. The van der Waals surface area contributed by atoms with Gasteiger partial charge in [0.2, 0.25) is 15.9 Å². The largest absolute Gasteiger partial charge is 0.327 e. The molecule has 3 N–H and O–H groups in total. The molecule has 0 aliphatic carbocycles. The Hall–Kier alpha value is -1.31. The molecule has 0 bridgehead atoms. The highest BCUT2D eigenvalue weighted by Crippen LogP contribution is 2.25. The van der Waals surface area contributed by atoms with Gasteiger partial charge in [-0.1, -0.05) is 0 Å². The number of halogens is 1. The van der Waals surface area contributed by atoms with E-state index < -0.39 is 10.0 Å². The number of hydrogen-bond donors (Lipinski definition) is 2. The summed E-state index contributed by atoms with van der Waals surface area (Å²) in [4.78, 5) is 11.6. The molecule has 0 spiro atoms. The second-order valence-corrected chi connectivity index (χ2v) is 7.03. The van der Waals surface area contributed by atoms with Crippen molar-refractivity contribution in [2.75, 3.05) is 21.9 Å². The Balaban J connectivity index is 0.00000220. The summed E-state index contributed by atoms with van der Waals surface area (Å²) in [5.41, 5.74) is 6.82. The topological polar surface area (TPSA) is 92.5 Å². The van der Waals surface area contributed by atoms with Crippen LogP contribution in [-0.2, 0) is 14.8 Å². The number of nitrogens with one attached hydrogen (secondary N) is 1. The SMILES string of the molecule is CC(N)CC(=O)Nc1ccc(N2CCCS2(=O)=O)cc1.Cl. The lowest BCUT2D eigenvalue weighted by atomic mass is 10.2. The fourth-order valence-electron chi connectivity index (χ4n) is 2.15. The van der Waals surface area contributed by atoms with E-state index in [1.807, 2.05) is 0 Å². The van der Waals surface area contributed by atoms with Gasteiger partial charge >= 0.3 is 0 Å². The van der Waals surface area contributed by atoms with E-state index in [0.717, 1.165) is 0 Å². The molecule has 1 amide bonds. The van der Waals surface area contributed by atoms with E-state index in [2.05, 4.69) is 5.32 Å². The van der Waals surface area contributed by atoms with E-state index in [4.69, 9.17) is 5.73 Å². The standard InChI is InChI=1S/C13H19N3O3S.ClH/c1-10(14)9-13(17)15-11-3-5-12(6-4-11)16-7-2-8-20(16,18)19;/h3-6,10H,2,7-9,14H2,1H3,(H,15,17);1H. The molecule has 1 atom stereocenters. The maximum atomic E-state index is 11.8. The van der Waals surface area contributed by atoms with Crippen LogP contribution < -0.4 is 15.4 Å². The molecule has 21 heavy (non-hydrogen) atoms. The average molecular weight is 334 g/mol. The van der Waals surface area contributed by atoms with E-state index in [1.165, 1.54) is 4.31 Å². The lowest BCUT2D eigenvalue weighted by Crippen LogP contribution is -2.25. The molecule has 1 saturated heterocycles. The molecule has 0 saturated carbocycles. The van der Waals surface area contributed by atoms with E-state index in [1.54, 1.807) is 31.2 Å². The number of amides is 1. The van der Waals surface area contributed by atoms with Gasteiger partial charge in [-0.05, 0) is 37.6 Å². The maximum Gasteiger partial charge on any atom is 0.235 e. The van der Waals surface area contributed by atoms with Crippen molar-refractivity contribution in [1.29, 1.82) is 0 Å². The van der Waals surface area contributed by atoms with Crippen LogP contribution in [0.2, 0.25) is 0 Å². The molecule has 1 heterocycles. The number of benzene rings is 1. The molecule has 1 aromatic carbocycles. The van der Waals surface area contributed by atoms with Crippen molar-refractivity contribution in [3.8, 4) is 0 Å². The van der Waals surface area contributed by atoms with Crippen LogP contribution in [0.3, 0.4) is 0 Å². The summed E-state index contributed by atoms with van der Waals surface area (Å²) in [5.74, 6) is 0.0430. The monoisotopic (exact) mass is 333 g/mol. The van der Waals surface area contributed by atoms with Gasteiger partial charge in [0.05, 0.1) is 11.4 Å². The molecule has 1 aromatic rings. The van der Waals surface area contributed by atoms with Crippen LogP contribution >= 0.6 is 12.4 Å². The van der Waals surface area contributed by atoms with Gasteiger partial charge in [-0.3, -0.25) is 9.10 Å². The number of nitrogens with zero attached hydrogens (tertiary/aromatic N) is 1. The van der Waals surface area contributed by atoms with Crippen LogP contribution in [0.5, 0.6) is 0 Å². The second kappa shape index (κ2) is 7.11. The van der Waals surface area contributed by atoms with Gasteiger partial charge < -0.3 is 11.1 Å². The quantitative estimate of drug-likeness (QED) is 0.869. The first-order valence-electron chi connectivity index (χ1n) is 6.54. The Labute approximate surface area is 131 Å². The Bertz CT molecular complexity index is 587. The van der Waals surface area contributed by atoms with Gasteiger partial charge in [0, 0.05) is 24.7 Å². The molecule has 8 heteroatoms. The smallest absolute Gasteiger partial charge is 0.235 e. The minimum atomic E-state index is -3.16. The van der Waals surface area contributed by atoms with Crippen molar-refractivity contribution < 1.29 is 13.2 Å². The molecule has 1 aliphatic rings. The molecular weight excluding hydrogens is 314 g/mol. The summed E-state index contributed by atoms with van der Waals surface area (Å²) in [6.07, 6.45) is 0.900. The molecule has 118 valence electrons. The van der Waals surface area contributed by atoms with Crippen molar-refractivity contribution in [1.82, 2.24) is 0 Å².